The van der Waals surface area contributed by atoms with Crippen molar-refractivity contribution >= 4 is 5.91 Å². The number of amides is 1. The summed E-state index contributed by atoms with van der Waals surface area (Å²) >= 11 is 0. The fourth-order valence-electron chi connectivity index (χ4n) is 2.94. The van der Waals surface area contributed by atoms with Crippen LogP contribution in [0.1, 0.15) is 38.6 Å². The van der Waals surface area contributed by atoms with E-state index in [1.54, 1.807) is 0 Å². The largest absolute Gasteiger partial charge is 0.466 e. The van der Waals surface area contributed by atoms with Gasteiger partial charge in [-0.3, -0.25) is 4.79 Å². The van der Waals surface area contributed by atoms with Crippen molar-refractivity contribution in [2.24, 2.45) is 0 Å². The van der Waals surface area contributed by atoms with Gasteiger partial charge in [0.05, 0.1) is 5.56 Å². The average molecular weight is 269 g/mol. The van der Waals surface area contributed by atoms with Crippen molar-refractivity contribution in [1.82, 2.24) is 4.90 Å². The van der Waals surface area contributed by atoms with Crippen molar-refractivity contribution in [2.75, 3.05) is 6.54 Å². The van der Waals surface area contributed by atoms with E-state index in [0.717, 1.165) is 35.6 Å². The number of carbonyl (C=O) groups is 1. The molecule has 2 aromatic rings. The molecule has 0 N–H and O–H groups in total. The first kappa shape index (κ1) is 13.0. The van der Waals surface area contributed by atoms with E-state index < -0.39 is 0 Å². The van der Waals surface area contributed by atoms with E-state index >= 15 is 0 Å². The third kappa shape index (κ3) is 2.03. The minimum atomic E-state index is 0.0892. The summed E-state index contributed by atoms with van der Waals surface area (Å²) in [4.78, 5) is 14.7. The van der Waals surface area contributed by atoms with Gasteiger partial charge in [-0.1, -0.05) is 24.3 Å². The van der Waals surface area contributed by atoms with E-state index in [-0.39, 0.29) is 5.91 Å². The Morgan fingerprint density at radius 3 is 2.45 bits per heavy atom. The SMILES string of the molecule is Cc1oc(C)c(C(=O)N2CCc3ccccc3C2)c1C. The highest BCUT2D eigenvalue weighted by molar-refractivity contribution is 5.97. The highest BCUT2D eigenvalue weighted by atomic mass is 16.3. The van der Waals surface area contributed by atoms with Crippen LogP contribution in [0.5, 0.6) is 0 Å². The maximum Gasteiger partial charge on any atom is 0.257 e. The smallest absolute Gasteiger partial charge is 0.257 e. The van der Waals surface area contributed by atoms with Crippen LogP contribution in [-0.2, 0) is 13.0 Å². The molecule has 0 unspecified atom stereocenters. The number of fused-ring (bicyclic) bond motifs is 1. The average Bonchev–Trinajstić information content (AvgIpc) is 2.71. The van der Waals surface area contributed by atoms with Crippen LogP contribution in [0.3, 0.4) is 0 Å². The predicted molar refractivity (Wildman–Crippen MR) is 77.8 cm³/mol. The van der Waals surface area contributed by atoms with Crippen LogP contribution < -0.4 is 0 Å². The molecular formula is C17H19NO2. The fraction of sp³-hybridized carbons (Fsp3) is 0.353. The van der Waals surface area contributed by atoms with E-state index in [0.29, 0.717) is 6.54 Å². The van der Waals surface area contributed by atoms with E-state index in [2.05, 4.69) is 18.2 Å². The molecule has 1 aliphatic heterocycles. The Kier molecular flexibility index (Phi) is 3.13. The molecule has 0 spiro atoms. The van der Waals surface area contributed by atoms with E-state index in [1.165, 1.54) is 11.1 Å². The molecule has 3 rings (SSSR count). The lowest BCUT2D eigenvalue weighted by Gasteiger charge is -2.29. The molecule has 0 saturated carbocycles. The number of aryl methyl sites for hydroxylation is 2. The van der Waals surface area contributed by atoms with Gasteiger partial charge in [0.2, 0.25) is 0 Å². The van der Waals surface area contributed by atoms with Gasteiger partial charge >= 0.3 is 0 Å². The van der Waals surface area contributed by atoms with Crippen molar-refractivity contribution in [1.29, 1.82) is 0 Å². The molecule has 0 fully saturated rings. The molecule has 2 heterocycles. The van der Waals surface area contributed by atoms with Crippen LogP contribution in [0.15, 0.2) is 28.7 Å². The lowest BCUT2D eigenvalue weighted by Crippen LogP contribution is -2.36. The molecule has 1 aromatic heterocycles. The van der Waals surface area contributed by atoms with Gasteiger partial charge in [0.25, 0.3) is 5.91 Å². The molecule has 0 atom stereocenters. The Hall–Kier alpha value is -2.03. The Balaban J connectivity index is 1.90. The molecule has 0 aliphatic carbocycles. The number of rotatable bonds is 1. The summed E-state index contributed by atoms with van der Waals surface area (Å²) < 4.78 is 5.58. The van der Waals surface area contributed by atoms with Crippen LogP contribution >= 0.6 is 0 Å². The summed E-state index contributed by atoms with van der Waals surface area (Å²) in [5.74, 6) is 1.65. The normalized spacial score (nSPS) is 14.2. The number of hydrogen-bond donors (Lipinski definition) is 0. The molecule has 0 bridgehead atoms. The maximum atomic E-state index is 12.7. The summed E-state index contributed by atoms with van der Waals surface area (Å²) in [7, 11) is 0. The number of hydrogen-bond acceptors (Lipinski definition) is 2. The zero-order valence-electron chi connectivity index (χ0n) is 12.2. The third-order valence-corrected chi connectivity index (χ3v) is 4.19. The molecule has 1 aromatic carbocycles. The Morgan fingerprint density at radius 2 is 1.80 bits per heavy atom. The standard InChI is InChI=1S/C17H19NO2/c1-11-12(2)20-13(3)16(11)17(19)18-9-8-14-6-4-5-7-15(14)10-18/h4-7H,8-10H2,1-3H3. The van der Waals surface area contributed by atoms with Gasteiger partial charge in [-0.05, 0) is 38.3 Å². The summed E-state index contributed by atoms with van der Waals surface area (Å²) in [6, 6.07) is 8.35. The number of benzene rings is 1. The molecule has 0 saturated heterocycles. The van der Waals surface area contributed by atoms with Gasteiger partial charge in [0, 0.05) is 18.7 Å². The minimum absolute atomic E-state index is 0.0892. The van der Waals surface area contributed by atoms with Crippen LogP contribution in [0.2, 0.25) is 0 Å². The predicted octanol–water partition coefficient (Wildman–Crippen LogP) is 3.40. The first-order chi connectivity index (χ1) is 9.58. The fourth-order valence-corrected chi connectivity index (χ4v) is 2.94. The number of carbonyl (C=O) groups excluding carboxylic acids is 1. The maximum absolute atomic E-state index is 12.7. The molecule has 20 heavy (non-hydrogen) atoms. The molecule has 0 radical (unpaired) electrons. The second-order valence-electron chi connectivity index (χ2n) is 5.46. The topological polar surface area (TPSA) is 33.5 Å². The van der Waals surface area contributed by atoms with Crippen LogP contribution in [0.4, 0.5) is 0 Å². The Labute approximate surface area is 119 Å². The third-order valence-electron chi connectivity index (χ3n) is 4.19. The zero-order chi connectivity index (χ0) is 14.3. The first-order valence-electron chi connectivity index (χ1n) is 7.00. The van der Waals surface area contributed by atoms with Crippen molar-refractivity contribution in [3.05, 3.63) is 58.0 Å². The second-order valence-corrected chi connectivity index (χ2v) is 5.46. The molecule has 1 amide bonds. The monoisotopic (exact) mass is 269 g/mol. The molecule has 3 heteroatoms. The summed E-state index contributed by atoms with van der Waals surface area (Å²) in [5.41, 5.74) is 4.31. The summed E-state index contributed by atoms with van der Waals surface area (Å²) in [6.07, 6.45) is 0.927. The van der Waals surface area contributed by atoms with Gasteiger partial charge in [0.1, 0.15) is 11.5 Å². The summed E-state index contributed by atoms with van der Waals surface area (Å²) in [5, 5.41) is 0. The summed E-state index contributed by atoms with van der Waals surface area (Å²) in [6.45, 7) is 7.20. The lowest BCUT2D eigenvalue weighted by atomic mass is 9.99. The van der Waals surface area contributed by atoms with Crippen molar-refractivity contribution in [3.63, 3.8) is 0 Å². The van der Waals surface area contributed by atoms with Gasteiger partial charge in [-0.15, -0.1) is 0 Å². The number of furan rings is 1. The Bertz CT molecular complexity index is 670. The highest BCUT2D eigenvalue weighted by Gasteiger charge is 2.26. The van der Waals surface area contributed by atoms with Gasteiger partial charge in [-0.2, -0.15) is 0 Å². The molecular weight excluding hydrogens is 250 g/mol. The van der Waals surface area contributed by atoms with Crippen LogP contribution in [0.25, 0.3) is 0 Å². The zero-order valence-corrected chi connectivity index (χ0v) is 12.2. The molecule has 104 valence electrons. The molecule has 3 nitrogen and oxygen atoms in total. The second kappa shape index (κ2) is 4.82. The Morgan fingerprint density at radius 1 is 1.10 bits per heavy atom. The minimum Gasteiger partial charge on any atom is -0.466 e. The number of nitrogens with zero attached hydrogens (tertiary/aromatic N) is 1. The van der Waals surface area contributed by atoms with Crippen molar-refractivity contribution in [2.45, 2.75) is 33.7 Å². The van der Waals surface area contributed by atoms with Crippen molar-refractivity contribution < 1.29 is 9.21 Å². The van der Waals surface area contributed by atoms with E-state index in [4.69, 9.17) is 4.42 Å². The van der Waals surface area contributed by atoms with Gasteiger partial charge < -0.3 is 9.32 Å². The van der Waals surface area contributed by atoms with E-state index in [9.17, 15) is 4.79 Å². The van der Waals surface area contributed by atoms with Gasteiger partial charge in [-0.25, -0.2) is 0 Å². The van der Waals surface area contributed by atoms with Crippen LogP contribution in [-0.4, -0.2) is 17.4 Å². The van der Waals surface area contributed by atoms with Gasteiger partial charge in [0.15, 0.2) is 0 Å². The molecule has 1 aliphatic rings. The van der Waals surface area contributed by atoms with E-state index in [1.807, 2.05) is 31.7 Å². The van der Waals surface area contributed by atoms with Crippen molar-refractivity contribution in [3.8, 4) is 0 Å². The quantitative estimate of drug-likeness (QED) is 0.795. The lowest BCUT2D eigenvalue weighted by molar-refractivity contribution is 0.0732. The highest BCUT2D eigenvalue weighted by Crippen LogP contribution is 2.25. The first-order valence-corrected chi connectivity index (χ1v) is 7.00. The van der Waals surface area contributed by atoms with Crippen LogP contribution in [0, 0.1) is 20.8 Å².